The number of nitrogens with zero attached hydrogens (tertiary/aromatic N) is 1. The van der Waals surface area contributed by atoms with E-state index in [1.54, 1.807) is 0 Å². The number of nitriles is 1. The van der Waals surface area contributed by atoms with E-state index >= 15 is 0 Å². The first kappa shape index (κ1) is 16.2. The van der Waals surface area contributed by atoms with Crippen molar-refractivity contribution in [2.45, 2.75) is 11.3 Å². The highest BCUT2D eigenvalue weighted by Crippen LogP contribution is 2.21. The average molecular weight is 349 g/mol. The third kappa shape index (κ3) is 3.95. The Balaban J connectivity index is 2.11. The van der Waals surface area contributed by atoms with Crippen molar-refractivity contribution in [1.82, 2.24) is 4.72 Å². The first-order valence-corrected chi connectivity index (χ1v) is 9.81. The second-order valence-electron chi connectivity index (χ2n) is 4.87. The van der Waals surface area contributed by atoms with Gasteiger partial charge in [-0.25, -0.2) is 21.6 Å². The molecule has 1 atom stereocenters. The predicted octanol–water partition coefficient (Wildman–Crippen LogP) is 0.925. The van der Waals surface area contributed by atoms with E-state index in [1.165, 1.54) is 18.2 Å². The fourth-order valence-electron chi connectivity index (χ4n) is 2.10. The molecule has 1 heterocycles. The van der Waals surface area contributed by atoms with E-state index in [1.807, 2.05) is 6.07 Å². The molecule has 1 saturated heterocycles. The van der Waals surface area contributed by atoms with Gasteiger partial charge in [0, 0.05) is 6.54 Å². The van der Waals surface area contributed by atoms with E-state index in [9.17, 15) is 16.8 Å². The number of hydrogen-bond donors (Lipinski definition) is 1. The maximum Gasteiger partial charge on any atom is 0.240 e. The Labute approximate surface area is 128 Å². The zero-order valence-electron chi connectivity index (χ0n) is 10.9. The van der Waals surface area contributed by atoms with Crippen molar-refractivity contribution < 1.29 is 16.8 Å². The van der Waals surface area contributed by atoms with Crippen LogP contribution in [0.1, 0.15) is 12.0 Å². The molecule has 114 valence electrons. The molecule has 6 nitrogen and oxygen atoms in total. The van der Waals surface area contributed by atoms with Gasteiger partial charge in [-0.2, -0.15) is 5.26 Å². The van der Waals surface area contributed by atoms with Crippen molar-refractivity contribution in [2.75, 3.05) is 18.1 Å². The van der Waals surface area contributed by atoms with Crippen LogP contribution < -0.4 is 4.72 Å². The SMILES string of the molecule is N#Cc1cc(S(=O)(=O)NCC2CCS(=O)(=O)C2)ccc1Cl. The van der Waals surface area contributed by atoms with Crippen LogP contribution in [0.3, 0.4) is 0 Å². The van der Waals surface area contributed by atoms with E-state index in [2.05, 4.69) is 4.72 Å². The van der Waals surface area contributed by atoms with Gasteiger partial charge in [0.1, 0.15) is 6.07 Å². The summed E-state index contributed by atoms with van der Waals surface area (Å²) in [6.07, 6.45) is 0.453. The Kier molecular flexibility index (Phi) is 4.58. The molecule has 0 aliphatic carbocycles. The maximum atomic E-state index is 12.1. The molecule has 0 bridgehead atoms. The van der Waals surface area contributed by atoms with Gasteiger partial charge < -0.3 is 0 Å². The van der Waals surface area contributed by atoms with Crippen LogP contribution in [0.4, 0.5) is 0 Å². The van der Waals surface area contributed by atoms with Crippen molar-refractivity contribution in [1.29, 1.82) is 5.26 Å². The third-order valence-corrected chi connectivity index (χ3v) is 6.85. The molecular formula is C12H13ClN2O4S2. The Morgan fingerprint density at radius 1 is 1.43 bits per heavy atom. The lowest BCUT2D eigenvalue weighted by molar-refractivity contribution is 0.543. The Hall–Kier alpha value is -1.14. The van der Waals surface area contributed by atoms with Crippen LogP contribution in [0.25, 0.3) is 0 Å². The highest BCUT2D eigenvalue weighted by atomic mass is 35.5. The molecule has 1 aromatic carbocycles. The molecule has 1 N–H and O–H groups in total. The summed E-state index contributed by atoms with van der Waals surface area (Å²) in [6.45, 7) is 0.0616. The van der Waals surface area contributed by atoms with Crippen LogP contribution in [0.5, 0.6) is 0 Å². The summed E-state index contributed by atoms with van der Waals surface area (Å²) < 4.78 is 49.3. The molecule has 21 heavy (non-hydrogen) atoms. The van der Waals surface area contributed by atoms with E-state index in [0.29, 0.717) is 6.42 Å². The van der Waals surface area contributed by atoms with E-state index in [-0.39, 0.29) is 39.4 Å². The van der Waals surface area contributed by atoms with Gasteiger partial charge in [0.25, 0.3) is 0 Å². The number of benzene rings is 1. The van der Waals surface area contributed by atoms with Crippen LogP contribution in [0.15, 0.2) is 23.1 Å². The molecular weight excluding hydrogens is 336 g/mol. The summed E-state index contributed by atoms with van der Waals surface area (Å²) >= 11 is 5.75. The van der Waals surface area contributed by atoms with Crippen molar-refractivity contribution in [3.63, 3.8) is 0 Å². The number of rotatable bonds is 4. The topological polar surface area (TPSA) is 104 Å². The summed E-state index contributed by atoms with van der Waals surface area (Å²) in [6, 6.07) is 5.65. The predicted molar refractivity (Wildman–Crippen MR) is 78.1 cm³/mol. The molecule has 1 aliphatic rings. The van der Waals surface area contributed by atoms with E-state index in [4.69, 9.17) is 16.9 Å². The van der Waals surface area contributed by atoms with Crippen LogP contribution >= 0.6 is 11.6 Å². The van der Waals surface area contributed by atoms with Crippen molar-refractivity contribution >= 4 is 31.5 Å². The van der Waals surface area contributed by atoms with E-state index in [0.717, 1.165) is 0 Å². The quantitative estimate of drug-likeness (QED) is 0.871. The molecule has 0 spiro atoms. The minimum Gasteiger partial charge on any atom is -0.229 e. The van der Waals surface area contributed by atoms with Gasteiger partial charge in [-0.3, -0.25) is 0 Å². The van der Waals surface area contributed by atoms with Gasteiger partial charge in [-0.15, -0.1) is 0 Å². The fraction of sp³-hybridized carbons (Fsp3) is 0.417. The number of sulfonamides is 1. The second kappa shape index (κ2) is 5.93. The molecule has 1 fully saturated rings. The lowest BCUT2D eigenvalue weighted by Gasteiger charge is -2.10. The lowest BCUT2D eigenvalue weighted by Crippen LogP contribution is -2.30. The molecule has 0 amide bonds. The maximum absolute atomic E-state index is 12.1. The normalized spacial score (nSPS) is 21.0. The third-order valence-electron chi connectivity index (χ3n) is 3.26. The highest BCUT2D eigenvalue weighted by Gasteiger charge is 2.29. The van der Waals surface area contributed by atoms with Crippen molar-refractivity contribution in [3.8, 4) is 6.07 Å². The van der Waals surface area contributed by atoms with Gasteiger partial charge >= 0.3 is 0 Å². The summed E-state index contributed by atoms with van der Waals surface area (Å²) in [4.78, 5) is -0.0655. The summed E-state index contributed by atoms with van der Waals surface area (Å²) in [5, 5.41) is 9.03. The monoisotopic (exact) mass is 348 g/mol. The molecule has 0 saturated carbocycles. The zero-order chi connectivity index (χ0) is 15.7. The van der Waals surface area contributed by atoms with Gasteiger partial charge in [0.15, 0.2) is 9.84 Å². The first-order chi connectivity index (χ1) is 9.73. The molecule has 1 aliphatic heterocycles. The summed E-state index contributed by atoms with van der Waals surface area (Å²) in [7, 11) is -6.83. The zero-order valence-corrected chi connectivity index (χ0v) is 13.3. The first-order valence-electron chi connectivity index (χ1n) is 6.13. The van der Waals surface area contributed by atoms with Crippen LogP contribution in [-0.2, 0) is 19.9 Å². The van der Waals surface area contributed by atoms with Crippen LogP contribution in [0, 0.1) is 17.2 Å². The molecule has 1 aromatic rings. The molecule has 2 rings (SSSR count). The molecule has 0 radical (unpaired) electrons. The standard InChI is InChI=1S/C12H13ClN2O4S2/c13-12-2-1-11(5-10(12)6-14)21(18,19)15-7-9-3-4-20(16,17)8-9/h1-2,5,9,15H,3-4,7-8H2. The molecule has 9 heteroatoms. The smallest absolute Gasteiger partial charge is 0.229 e. The fourth-order valence-corrected chi connectivity index (χ4v) is 5.26. The van der Waals surface area contributed by atoms with Crippen molar-refractivity contribution in [2.24, 2.45) is 5.92 Å². The molecule has 0 aromatic heterocycles. The van der Waals surface area contributed by atoms with Gasteiger partial charge in [0.2, 0.25) is 10.0 Å². The lowest BCUT2D eigenvalue weighted by atomic mass is 10.1. The number of nitrogens with one attached hydrogen (secondary N) is 1. The summed E-state index contributed by atoms with van der Waals surface area (Å²) in [5.41, 5.74) is 0.0722. The average Bonchev–Trinajstić information content (AvgIpc) is 2.76. The largest absolute Gasteiger partial charge is 0.240 e. The van der Waals surface area contributed by atoms with E-state index < -0.39 is 19.9 Å². The summed E-state index contributed by atoms with van der Waals surface area (Å²) in [5.74, 6) is -0.120. The van der Waals surface area contributed by atoms with Gasteiger partial charge in [-0.1, -0.05) is 11.6 Å². The Bertz CT molecular complexity index is 797. The highest BCUT2D eigenvalue weighted by molar-refractivity contribution is 7.91. The van der Waals surface area contributed by atoms with Gasteiger partial charge in [-0.05, 0) is 30.5 Å². The number of hydrogen-bond acceptors (Lipinski definition) is 5. The minimum atomic E-state index is -3.79. The minimum absolute atomic E-state index is 0.000413. The molecule has 1 unspecified atom stereocenters. The van der Waals surface area contributed by atoms with Gasteiger partial charge in [0.05, 0.1) is 27.0 Å². The Morgan fingerprint density at radius 3 is 2.71 bits per heavy atom. The second-order valence-corrected chi connectivity index (χ2v) is 9.28. The van der Waals surface area contributed by atoms with Crippen LogP contribution in [-0.4, -0.2) is 34.9 Å². The number of sulfone groups is 1. The number of halogens is 1. The van der Waals surface area contributed by atoms with Crippen LogP contribution in [0.2, 0.25) is 5.02 Å². The Morgan fingerprint density at radius 2 is 2.14 bits per heavy atom. The van der Waals surface area contributed by atoms with Crippen molar-refractivity contribution in [3.05, 3.63) is 28.8 Å².